The fourth-order valence-corrected chi connectivity index (χ4v) is 0.378. The van der Waals surface area contributed by atoms with Gasteiger partial charge in [0.1, 0.15) is 0 Å². The van der Waals surface area contributed by atoms with E-state index in [9.17, 15) is 0 Å². The van der Waals surface area contributed by atoms with Crippen LogP contribution in [0.25, 0.3) is 0 Å². The Morgan fingerprint density at radius 2 is 2.50 bits per heavy atom. The summed E-state index contributed by atoms with van der Waals surface area (Å²) in [6.07, 6.45) is 0.850. The molecule has 0 aliphatic rings. The summed E-state index contributed by atoms with van der Waals surface area (Å²) < 4.78 is 0. The SMILES string of the molecule is CCC(Cl)NCC#N. The smallest absolute Gasteiger partial charge is 0.0852 e. The van der Waals surface area contributed by atoms with Crippen molar-refractivity contribution in [3.05, 3.63) is 0 Å². The lowest BCUT2D eigenvalue weighted by Crippen LogP contribution is -2.22. The molecule has 2 nitrogen and oxygen atoms in total. The molecular weight excluding hydrogens is 124 g/mol. The summed E-state index contributed by atoms with van der Waals surface area (Å²) in [7, 11) is 0. The van der Waals surface area contributed by atoms with Crippen molar-refractivity contribution in [2.75, 3.05) is 6.54 Å². The lowest BCUT2D eigenvalue weighted by molar-refractivity contribution is 0.675. The van der Waals surface area contributed by atoms with Crippen molar-refractivity contribution in [1.82, 2.24) is 5.32 Å². The molecule has 0 aliphatic heterocycles. The van der Waals surface area contributed by atoms with E-state index in [1.165, 1.54) is 0 Å². The molecule has 0 fully saturated rings. The quantitative estimate of drug-likeness (QED) is 0.354. The summed E-state index contributed by atoms with van der Waals surface area (Å²) >= 11 is 5.58. The Bertz CT molecular complexity index is 86.9. The number of nitrogens with zero attached hydrogens (tertiary/aromatic N) is 1. The van der Waals surface area contributed by atoms with E-state index in [0.29, 0.717) is 6.54 Å². The fraction of sp³-hybridized carbons (Fsp3) is 0.800. The van der Waals surface area contributed by atoms with Gasteiger partial charge in [-0.3, -0.25) is 5.32 Å². The van der Waals surface area contributed by atoms with Crippen molar-refractivity contribution in [1.29, 1.82) is 5.26 Å². The second-order valence-corrected chi connectivity index (χ2v) is 1.94. The van der Waals surface area contributed by atoms with Crippen LogP contribution in [-0.4, -0.2) is 12.0 Å². The summed E-state index contributed by atoms with van der Waals surface area (Å²) in [6, 6.07) is 1.94. The van der Waals surface area contributed by atoms with E-state index in [-0.39, 0.29) is 5.50 Å². The van der Waals surface area contributed by atoms with Crippen LogP contribution in [0, 0.1) is 11.3 Å². The van der Waals surface area contributed by atoms with Crippen LogP contribution in [0.5, 0.6) is 0 Å². The molecule has 0 aliphatic carbocycles. The minimum Gasteiger partial charge on any atom is -0.289 e. The molecule has 46 valence electrons. The average molecular weight is 133 g/mol. The van der Waals surface area contributed by atoms with E-state index >= 15 is 0 Å². The van der Waals surface area contributed by atoms with E-state index in [0.717, 1.165) is 6.42 Å². The van der Waals surface area contributed by atoms with Gasteiger partial charge in [0.25, 0.3) is 0 Å². The van der Waals surface area contributed by atoms with Gasteiger partial charge in [-0.2, -0.15) is 5.26 Å². The maximum Gasteiger partial charge on any atom is 0.0852 e. The van der Waals surface area contributed by atoms with E-state index < -0.39 is 0 Å². The Morgan fingerprint density at radius 3 is 2.88 bits per heavy atom. The zero-order chi connectivity index (χ0) is 6.41. The first-order valence-corrected chi connectivity index (χ1v) is 2.99. The van der Waals surface area contributed by atoms with E-state index in [1.807, 2.05) is 13.0 Å². The first-order chi connectivity index (χ1) is 3.81. The molecule has 3 heteroatoms. The largest absolute Gasteiger partial charge is 0.289 e. The molecule has 1 N–H and O–H groups in total. The molecule has 1 unspecified atom stereocenters. The van der Waals surface area contributed by atoms with Crippen molar-refractivity contribution in [2.24, 2.45) is 0 Å². The third-order valence-electron chi connectivity index (χ3n) is 0.761. The van der Waals surface area contributed by atoms with Crippen molar-refractivity contribution in [3.63, 3.8) is 0 Å². The van der Waals surface area contributed by atoms with Gasteiger partial charge in [-0.1, -0.05) is 6.92 Å². The van der Waals surface area contributed by atoms with Crippen molar-refractivity contribution in [2.45, 2.75) is 18.8 Å². The minimum atomic E-state index is -0.0466. The summed E-state index contributed by atoms with van der Waals surface area (Å²) in [5.74, 6) is 0. The molecule has 0 bridgehead atoms. The molecule has 1 atom stereocenters. The molecule has 0 aromatic heterocycles. The lowest BCUT2D eigenvalue weighted by Gasteiger charge is -2.02. The van der Waals surface area contributed by atoms with Crippen LogP contribution in [0.15, 0.2) is 0 Å². The molecule has 8 heavy (non-hydrogen) atoms. The zero-order valence-corrected chi connectivity index (χ0v) is 5.57. The van der Waals surface area contributed by atoms with Gasteiger partial charge in [-0.05, 0) is 6.42 Å². The van der Waals surface area contributed by atoms with Crippen LogP contribution in [0.3, 0.4) is 0 Å². The van der Waals surface area contributed by atoms with E-state index in [4.69, 9.17) is 16.9 Å². The highest BCUT2D eigenvalue weighted by atomic mass is 35.5. The maximum atomic E-state index is 8.04. The Morgan fingerprint density at radius 1 is 1.88 bits per heavy atom. The first kappa shape index (κ1) is 7.74. The van der Waals surface area contributed by atoms with Crippen LogP contribution in [0.4, 0.5) is 0 Å². The topological polar surface area (TPSA) is 35.8 Å². The highest BCUT2D eigenvalue weighted by Gasteiger charge is 1.95. The van der Waals surface area contributed by atoms with Crippen LogP contribution in [0.2, 0.25) is 0 Å². The van der Waals surface area contributed by atoms with E-state index in [1.54, 1.807) is 0 Å². The van der Waals surface area contributed by atoms with Gasteiger partial charge >= 0.3 is 0 Å². The van der Waals surface area contributed by atoms with Crippen LogP contribution in [0.1, 0.15) is 13.3 Å². The normalized spacial score (nSPS) is 12.6. The standard InChI is InChI=1S/C5H9ClN2/c1-2-5(6)8-4-3-7/h5,8H,2,4H2,1H3. The Kier molecular flexibility index (Phi) is 4.73. The first-order valence-electron chi connectivity index (χ1n) is 2.55. The Labute approximate surface area is 54.4 Å². The third-order valence-corrected chi connectivity index (χ3v) is 1.22. The molecule has 0 heterocycles. The number of nitrogens with one attached hydrogen (secondary N) is 1. The highest BCUT2D eigenvalue weighted by Crippen LogP contribution is 1.93. The van der Waals surface area contributed by atoms with Crippen LogP contribution >= 0.6 is 11.6 Å². The van der Waals surface area contributed by atoms with E-state index in [2.05, 4.69) is 5.32 Å². The number of rotatable bonds is 3. The Balaban J connectivity index is 3.01. The molecule has 0 saturated heterocycles. The van der Waals surface area contributed by atoms with Crippen molar-refractivity contribution < 1.29 is 0 Å². The predicted molar refractivity (Wildman–Crippen MR) is 33.5 cm³/mol. The Hall–Kier alpha value is -0.260. The summed E-state index contributed by atoms with van der Waals surface area (Å²) in [6.45, 7) is 2.30. The maximum absolute atomic E-state index is 8.04. The van der Waals surface area contributed by atoms with Gasteiger partial charge in [-0.15, -0.1) is 11.6 Å². The van der Waals surface area contributed by atoms with Gasteiger partial charge in [0.2, 0.25) is 0 Å². The molecule has 0 spiro atoms. The molecule has 0 saturated carbocycles. The second-order valence-electron chi connectivity index (χ2n) is 1.41. The molecule has 0 rings (SSSR count). The lowest BCUT2D eigenvalue weighted by atomic mass is 10.5. The molecule has 0 aromatic rings. The van der Waals surface area contributed by atoms with Crippen LogP contribution in [-0.2, 0) is 0 Å². The number of hydrogen-bond donors (Lipinski definition) is 1. The van der Waals surface area contributed by atoms with Gasteiger partial charge in [0.05, 0.1) is 18.1 Å². The predicted octanol–water partition coefficient (Wildman–Crippen LogP) is 1.07. The molecule has 0 aromatic carbocycles. The average Bonchev–Trinajstić information content (AvgIpc) is 1.83. The number of halogens is 1. The summed E-state index contributed by atoms with van der Waals surface area (Å²) in [5, 5.41) is 10.8. The number of alkyl halides is 1. The summed E-state index contributed by atoms with van der Waals surface area (Å²) in [5.41, 5.74) is -0.0466. The van der Waals surface area contributed by atoms with Crippen molar-refractivity contribution >= 4 is 11.6 Å². The summed E-state index contributed by atoms with van der Waals surface area (Å²) in [4.78, 5) is 0. The van der Waals surface area contributed by atoms with Gasteiger partial charge in [0.15, 0.2) is 0 Å². The minimum absolute atomic E-state index is 0.0466. The highest BCUT2D eigenvalue weighted by molar-refractivity contribution is 6.20. The molecule has 0 amide bonds. The van der Waals surface area contributed by atoms with Gasteiger partial charge in [-0.25, -0.2) is 0 Å². The third kappa shape index (κ3) is 3.91. The molecule has 0 radical (unpaired) electrons. The monoisotopic (exact) mass is 132 g/mol. The number of hydrogen-bond acceptors (Lipinski definition) is 2. The van der Waals surface area contributed by atoms with Crippen molar-refractivity contribution in [3.8, 4) is 6.07 Å². The fourth-order valence-electron chi connectivity index (χ4n) is 0.301. The molecular formula is C5H9ClN2. The number of nitriles is 1. The zero-order valence-electron chi connectivity index (χ0n) is 4.82. The van der Waals surface area contributed by atoms with Crippen LogP contribution < -0.4 is 5.32 Å². The van der Waals surface area contributed by atoms with Gasteiger partial charge in [0, 0.05) is 0 Å². The van der Waals surface area contributed by atoms with Gasteiger partial charge < -0.3 is 0 Å². The second kappa shape index (κ2) is 4.89.